The number of nitrogens with zero attached hydrogens (tertiary/aromatic N) is 3. The molecule has 0 bridgehead atoms. The van der Waals surface area contributed by atoms with E-state index in [0.29, 0.717) is 28.0 Å². The van der Waals surface area contributed by atoms with Crippen LogP contribution in [-0.2, 0) is 6.54 Å². The molecule has 0 aliphatic heterocycles. The number of fused-ring (bicyclic) bond motifs is 1. The summed E-state index contributed by atoms with van der Waals surface area (Å²) in [6.07, 6.45) is 1.49. The summed E-state index contributed by atoms with van der Waals surface area (Å²) >= 11 is 5.93. The van der Waals surface area contributed by atoms with E-state index in [1.165, 1.54) is 10.9 Å². The summed E-state index contributed by atoms with van der Waals surface area (Å²) in [5.41, 5.74) is 1.77. The number of rotatable bonds is 2. The molecule has 0 saturated carbocycles. The van der Waals surface area contributed by atoms with E-state index in [1.54, 1.807) is 30.3 Å². The molecule has 0 amide bonds. The van der Waals surface area contributed by atoms with Crippen LogP contribution in [0, 0.1) is 11.3 Å². The molecule has 0 fully saturated rings. The normalized spacial score (nSPS) is 10.5. The van der Waals surface area contributed by atoms with E-state index < -0.39 is 0 Å². The second-order valence-corrected chi connectivity index (χ2v) is 5.04. The minimum absolute atomic E-state index is 0.171. The van der Waals surface area contributed by atoms with Gasteiger partial charge in [-0.05, 0) is 29.8 Å². The van der Waals surface area contributed by atoms with Gasteiger partial charge < -0.3 is 0 Å². The van der Waals surface area contributed by atoms with Gasteiger partial charge in [-0.1, -0.05) is 29.8 Å². The standard InChI is InChI=1S/C16H10ClN3O/c17-13-5-6-15-14(7-13)16(21)20(10-19-15)9-12-4-2-1-3-11(12)8-18/h1-7,10H,9H2. The SMILES string of the molecule is N#Cc1ccccc1Cn1cnc2ccc(Cl)cc2c1=O. The Hall–Kier alpha value is -2.64. The van der Waals surface area contributed by atoms with Crippen molar-refractivity contribution in [1.29, 1.82) is 5.26 Å². The molecule has 0 spiro atoms. The summed E-state index contributed by atoms with van der Waals surface area (Å²) in [4.78, 5) is 16.7. The monoisotopic (exact) mass is 295 g/mol. The van der Waals surface area contributed by atoms with Gasteiger partial charge in [-0.25, -0.2) is 4.98 Å². The van der Waals surface area contributed by atoms with Gasteiger partial charge in [0.25, 0.3) is 5.56 Å². The molecule has 4 nitrogen and oxygen atoms in total. The molecule has 102 valence electrons. The van der Waals surface area contributed by atoms with E-state index in [4.69, 9.17) is 16.9 Å². The highest BCUT2D eigenvalue weighted by atomic mass is 35.5. The van der Waals surface area contributed by atoms with Gasteiger partial charge in [0, 0.05) is 5.02 Å². The second kappa shape index (κ2) is 5.39. The van der Waals surface area contributed by atoms with Crippen molar-refractivity contribution in [1.82, 2.24) is 9.55 Å². The molecular weight excluding hydrogens is 286 g/mol. The molecule has 3 aromatic rings. The molecule has 0 radical (unpaired) electrons. The second-order valence-electron chi connectivity index (χ2n) is 4.61. The molecule has 0 N–H and O–H groups in total. The van der Waals surface area contributed by atoms with Crippen molar-refractivity contribution in [2.45, 2.75) is 6.54 Å². The quantitative estimate of drug-likeness (QED) is 0.730. The van der Waals surface area contributed by atoms with Gasteiger partial charge >= 0.3 is 0 Å². The minimum Gasteiger partial charge on any atom is -0.294 e. The van der Waals surface area contributed by atoms with Crippen molar-refractivity contribution in [3.05, 3.63) is 75.3 Å². The Morgan fingerprint density at radius 1 is 1.24 bits per heavy atom. The molecule has 5 heteroatoms. The predicted octanol–water partition coefficient (Wildman–Crippen LogP) is 2.97. The predicted molar refractivity (Wildman–Crippen MR) is 81.3 cm³/mol. The van der Waals surface area contributed by atoms with E-state index in [9.17, 15) is 4.79 Å². The zero-order valence-corrected chi connectivity index (χ0v) is 11.7. The largest absolute Gasteiger partial charge is 0.294 e. The van der Waals surface area contributed by atoms with Gasteiger partial charge in [0.05, 0.1) is 35.4 Å². The molecule has 0 aliphatic carbocycles. The highest BCUT2D eigenvalue weighted by molar-refractivity contribution is 6.31. The summed E-state index contributed by atoms with van der Waals surface area (Å²) in [6.45, 7) is 0.304. The Morgan fingerprint density at radius 2 is 2.05 bits per heavy atom. The third kappa shape index (κ3) is 2.51. The molecule has 21 heavy (non-hydrogen) atoms. The third-order valence-corrected chi connectivity index (χ3v) is 3.50. The Morgan fingerprint density at radius 3 is 2.86 bits per heavy atom. The summed E-state index contributed by atoms with van der Waals surface area (Å²) in [5, 5.41) is 10.1. The molecule has 1 heterocycles. The maximum Gasteiger partial charge on any atom is 0.261 e. The van der Waals surface area contributed by atoms with Crippen LogP contribution in [0.5, 0.6) is 0 Å². The molecule has 3 rings (SSSR count). The van der Waals surface area contributed by atoms with Gasteiger partial charge in [-0.15, -0.1) is 0 Å². The van der Waals surface area contributed by atoms with Crippen LogP contribution >= 0.6 is 11.6 Å². The van der Waals surface area contributed by atoms with E-state index >= 15 is 0 Å². The highest BCUT2D eigenvalue weighted by Gasteiger charge is 2.07. The fourth-order valence-electron chi connectivity index (χ4n) is 2.19. The first kappa shape index (κ1) is 13.3. The van der Waals surface area contributed by atoms with Crippen LogP contribution in [0.25, 0.3) is 10.9 Å². The number of aromatic nitrogens is 2. The van der Waals surface area contributed by atoms with Crippen molar-refractivity contribution < 1.29 is 0 Å². The Bertz CT molecular complexity index is 925. The van der Waals surface area contributed by atoms with E-state index in [0.717, 1.165) is 5.56 Å². The van der Waals surface area contributed by atoms with E-state index in [2.05, 4.69) is 11.1 Å². The van der Waals surface area contributed by atoms with Crippen LogP contribution in [0.1, 0.15) is 11.1 Å². The Labute approximate surface area is 125 Å². The summed E-state index contributed by atoms with van der Waals surface area (Å²) in [7, 11) is 0. The molecular formula is C16H10ClN3O. The van der Waals surface area contributed by atoms with E-state index in [1.807, 2.05) is 12.1 Å². The zero-order chi connectivity index (χ0) is 14.8. The lowest BCUT2D eigenvalue weighted by molar-refractivity contribution is 0.747. The molecule has 1 aromatic heterocycles. The third-order valence-electron chi connectivity index (χ3n) is 3.26. The number of benzene rings is 2. The maximum atomic E-state index is 12.5. The van der Waals surface area contributed by atoms with Crippen LogP contribution < -0.4 is 5.56 Å². The zero-order valence-electron chi connectivity index (χ0n) is 11.0. The fourth-order valence-corrected chi connectivity index (χ4v) is 2.37. The summed E-state index contributed by atoms with van der Waals surface area (Å²) in [5.74, 6) is 0. The van der Waals surface area contributed by atoms with Crippen LogP contribution in [0.2, 0.25) is 5.02 Å². The van der Waals surface area contributed by atoms with Crippen molar-refractivity contribution in [2.75, 3.05) is 0 Å². The average molecular weight is 296 g/mol. The average Bonchev–Trinajstić information content (AvgIpc) is 2.51. The van der Waals surface area contributed by atoms with E-state index in [-0.39, 0.29) is 5.56 Å². The van der Waals surface area contributed by atoms with Gasteiger partial charge in [0.1, 0.15) is 0 Å². The topological polar surface area (TPSA) is 58.7 Å². The Kier molecular flexibility index (Phi) is 3.43. The number of halogens is 1. The van der Waals surface area contributed by atoms with Gasteiger partial charge in [0.15, 0.2) is 0 Å². The van der Waals surface area contributed by atoms with Gasteiger partial charge in [-0.2, -0.15) is 5.26 Å². The van der Waals surface area contributed by atoms with Gasteiger partial charge in [0.2, 0.25) is 0 Å². The Balaban J connectivity index is 2.12. The summed E-state index contributed by atoms with van der Waals surface area (Å²) in [6, 6.07) is 14.3. The number of hydrogen-bond donors (Lipinski definition) is 0. The molecule has 0 unspecified atom stereocenters. The smallest absolute Gasteiger partial charge is 0.261 e. The lowest BCUT2D eigenvalue weighted by atomic mass is 10.1. The minimum atomic E-state index is -0.171. The van der Waals surface area contributed by atoms with Crippen LogP contribution in [0.15, 0.2) is 53.6 Å². The fraction of sp³-hybridized carbons (Fsp3) is 0.0625. The van der Waals surface area contributed by atoms with Crippen molar-refractivity contribution >= 4 is 22.5 Å². The first-order chi connectivity index (χ1) is 10.2. The van der Waals surface area contributed by atoms with Crippen molar-refractivity contribution in [3.63, 3.8) is 0 Å². The van der Waals surface area contributed by atoms with Crippen LogP contribution in [0.3, 0.4) is 0 Å². The lowest BCUT2D eigenvalue weighted by Gasteiger charge is -2.08. The molecule has 0 saturated heterocycles. The van der Waals surface area contributed by atoms with Gasteiger partial charge in [-0.3, -0.25) is 9.36 Å². The number of hydrogen-bond acceptors (Lipinski definition) is 3. The lowest BCUT2D eigenvalue weighted by Crippen LogP contribution is -2.21. The maximum absolute atomic E-state index is 12.5. The van der Waals surface area contributed by atoms with Crippen molar-refractivity contribution in [2.24, 2.45) is 0 Å². The van der Waals surface area contributed by atoms with Crippen molar-refractivity contribution in [3.8, 4) is 6.07 Å². The highest BCUT2D eigenvalue weighted by Crippen LogP contribution is 2.15. The first-order valence-corrected chi connectivity index (χ1v) is 6.69. The molecule has 0 aliphatic rings. The first-order valence-electron chi connectivity index (χ1n) is 6.32. The number of nitriles is 1. The van der Waals surface area contributed by atoms with Crippen LogP contribution in [0.4, 0.5) is 0 Å². The van der Waals surface area contributed by atoms with Crippen LogP contribution in [-0.4, -0.2) is 9.55 Å². The summed E-state index contributed by atoms with van der Waals surface area (Å²) < 4.78 is 1.48. The molecule has 0 atom stereocenters. The molecule has 2 aromatic carbocycles.